The lowest BCUT2D eigenvalue weighted by Crippen LogP contribution is -2.52. The van der Waals surface area contributed by atoms with Crippen LogP contribution in [0.25, 0.3) is 0 Å². The minimum absolute atomic E-state index is 0.257. The molecule has 0 aromatic carbocycles. The maximum atomic E-state index is 11.9. The summed E-state index contributed by atoms with van der Waals surface area (Å²) in [5.74, 6) is 4.12. The van der Waals surface area contributed by atoms with Gasteiger partial charge >= 0.3 is 0 Å². The Labute approximate surface area is 168 Å². The molecule has 2 nitrogen and oxygen atoms in total. The Bertz CT molecular complexity index is 524. The molecule has 0 aliphatic heterocycles. The van der Waals surface area contributed by atoms with E-state index >= 15 is 0 Å². The Hall–Kier alpha value is -0.630. The van der Waals surface area contributed by atoms with E-state index in [2.05, 4.69) is 19.9 Å². The smallest absolute Gasteiger partial charge is 0.155 e. The van der Waals surface area contributed by atoms with Crippen LogP contribution in [0.15, 0.2) is 12.2 Å². The summed E-state index contributed by atoms with van der Waals surface area (Å²) in [6.07, 6.45) is 13.9. The number of carbonyl (C=O) groups is 1. The summed E-state index contributed by atoms with van der Waals surface area (Å²) < 4.78 is 0. The molecule has 0 spiro atoms. The Kier molecular flexibility index (Phi) is 7.76. The van der Waals surface area contributed by atoms with Crippen LogP contribution in [0.2, 0.25) is 0 Å². The summed E-state index contributed by atoms with van der Waals surface area (Å²) in [6, 6.07) is 0. The highest BCUT2D eigenvalue weighted by atomic mass is 16.3. The SMILES string of the molecule is CC.CC.C[C@]12C=CC(=O)CC1CCC1C2CC[C@@]2(C)C1CC[C@@H]2CCO. The zero-order chi connectivity index (χ0) is 20.2. The van der Waals surface area contributed by atoms with Crippen LogP contribution < -0.4 is 0 Å². The molecule has 156 valence electrons. The van der Waals surface area contributed by atoms with Gasteiger partial charge in [-0.05, 0) is 91.4 Å². The number of hydrogen-bond donors (Lipinski definition) is 1. The zero-order valence-electron chi connectivity index (χ0n) is 18.8. The molecule has 2 heteroatoms. The molecule has 0 radical (unpaired) electrons. The summed E-state index contributed by atoms with van der Waals surface area (Å²) in [5, 5.41) is 9.44. The fourth-order valence-corrected chi connectivity index (χ4v) is 7.37. The molecule has 0 saturated heterocycles. The average molecular weight is 377 g/mol. The van der Waals surface area contributed by atoms with Gasteiger partial charge in [0.25, 0.3) is 0 Å². The monoisotopic (exact) mass is 376 g/mol. The summed E-state index contributed by atoms with van der Waals surface area (Å²) >= 11 is 0. The topological polar surface area (TPSA) is 37.3 Å². The van der Waals surface area contributed by atoms with Crippen LogP contribution in [0.1, 0.15) is 92.9 Å². The lowest BCUT2D eigenvalue weighted by atomic mass is 9.46. The predicted molar refractivity (Wildman–Crippen MR) is 115 cm³/mol. The van der Waals surface area contributed by atoms with Crippen molar-refractivity contribution in [2.45, 2.75) is 92.9 Å². The van der Waals surface area contributed by atoms with Crippen molar-refractivity contribution in [2.24, 2.45) is 40.4 Å². The first-order chi connectivity index (χ1) is 13.0. The first-order valence-corrected chi connectivity index (χ1v) is 11.8. The number of rotatable bonds is 2. The van der Waals surface area contributed by atoms with Crippen LogP contribution in [0.3, 0.4) is 0 Å². The largest absolute Gasteiger partial charge is 0.396 e. The van der Waals surface area contributed by atoms with E-state index in [1.165, 1.54) is 38.5 Å². The molecule has 4 aliphatic carbocycles. The van der Waals surface area contributed by atoms with Crippen molar-refractivity contribution in [1.29, 1.82) is 0 Å². The number of ketones is 1. The summed E-state index contributed by atoms with van der Waals surface area (Å²) in [5.41, 5.74) is 0.717. The molecule has 7 atom stereocenters. The molecule has 1 N–H and O–H groups in total. The average Bonchev–Trinajstić information content (AvgIpc) is 3.02. The highest BCUT2D eigenvalue weighted by Gasteiger charge is 2.59. The first-order valence-electron chi connectivity index (χ1n) is 11.8. The van der Waals surface area contributed by atoms with Crippen molar-refractivity contribution in [2.75, 3.05) is 6.61 Å². The molecule has 0 amide bonds. The Morgan fingerprint density at radius 1 is 1.00 bits per heavy atom. The lowest BCUT2D eigenvalue weighted by Gasteiger charge is -2.59. The van der Waals surface area contributed by atoms with Gasteiger partial charge in [0.1, 0.15) is 0 Å². The van der Waals surface area contributed by atoms with Crippen molar-refractivity contribution in [3.63, 3.8) is 0 Å². The third-order valence-electron chi connectivity index (χ3n) is 8.71. The third-order valence-corrected chi connectivity index (χ3v) is 8.71. The van der Waals surface area contributed by atoms with E-state index in [9.17, 15) is 9.90 Å². The molecule has 0 aromatic heterocycles. The minimum atomic E-state index is 0.257. The van der Waals surface area contributed by atoms with E-state index < -0.39 is 0 Å². The van der Waals surface area contributed by atoms with Gasteiger partial charge in [0.2, 0.25) is 0 Å². The number of aliphatic hydroxyl groups excluding tert-OH is 1. The second kappa shape index (κ2) is 9.25. The molecule has 0 aromatic rings. The van der Waals surface area contributed by atoms with Crippen LogP contribution in [0.5, 0.6) is 0 Å². The third kappa shape index (κ3) is 3.80. The number of fused-ring (bicyclic) bond motifs is 5. The van der Waals surface area contributed by atoms with Crippen molar-refractivity contribution in [3.05, 3.63) is 12.2 Å². The van der Waals surface area contributed by atoms with Crippen LogP contribution in [0, 0.1) is 40.4 Å². The second-order valence-corrected chi connectivity index (χ2v) is 9.35. The standard InChI is InChI=1S/C21H32O2.2C2H6/c1-20-11-8-19-17(18(20)6-4-14(20)9-12-22)5-3-15-13-16(23)7-10-21(15,19)2;2*1-2/h7,10,14-15,17-19,22H,3-6,8-9,11-13H2,1-2H3;2*1-2H3/t14-,15?,17?,18?,19?,20-,21+;;/m1../s1. The molecule has 27 heavy (non-hydrogen) atoms. The molecule has 4 aliphatic rings. The van der Waals surface area contributed by atoms with Crippen molar-refractivity contribution >= 4 is 5.78 Å². The number of allylic oxidation sites excluding steroid dienone is 2. The van der Waals surface area contributed by atoms with Gasteiger partial charge < -0.3 is 5.11 Å². The van der Waals surface area contributed by atoms with E-state index in [4.69, 9.17) is 0 Å². The highest BCUT2D eigenvalue weighted by Crippen LogP contribution is 2.66. The minimum Gasteiger partial charge on any atom is -0.396 e. The van der Waals surface area contributed by atoms with E-state index in [-0.39, 0.29) is 5.41 Å². The predicted octanol–water partition coefficient (Wildman–Crippen LogP) is 6.43. The Morgan fingerprint density at radius 3 is 2.37 bits per heavy atom. The van der Waals surface area contributed by atoms with Gasteiger partial charge in [-0.1, -0.05) is 47.6 Å². The van der Waals surface area contributed by atoms with Crippen LogP contribution in [-0.2, 0) is 4.79 Å². The molecular formula is C25H44O2. The van der Waals surface area contributed by atoms with Crippen molar-refractivity contribution < 1.29 is 9.90 Å². The van der Waals surface area contributed by atoms with E-state index in [0.717, 1.165) is 36.5 Å². The van der Waals surface area contributed by atoms with E-state index in [1.807, 2.05) is 33.8 Å². The van der Waals surface area contributed by atoms with Gasteiger partial charge in [-0.2, -0.15) is 0 Å². The quantitative estimate of drug-likeness (QED) is 0.603. The van der Waals surface area contributed by atoms with Gasteiger partial charge in [-0.25, -0.2) is 0 Å². The normalized spacial score (nSPS) is 44.7. The van der Waals surface area contributed by atoms with E-state index in [1.54, 1.807) is 0 Å². The Morgan fingerprint density at radius 2 is 1.70 bits per heavy atom. The summed E-state index contributed by atoms with van der Waals surface area (Å²) in [6.45, 7) is 13.3. The molecule has 4 rings (SSSR count). The van der Waals surface area contributed by atoms with Gasteiger partial charge in [-0.15, -0.1) is 0 Å². The maximum Gasteiger partial charge on any atom is 0.155 e. The summed E-state index contributed by atoms with van der Waals surface area (Å²) in [4.78, 5) is 11.9. The maximum absolute atomic E-state index is 11.9. The van der Waals surface area contributed by atoms with Crippen LogP contribution in [-0.4, -0.2) is 17.5 Å². The zero-order valence-corrected chi connectivity index (χ0v) is 18.8. The fraction of sp³-hybridized carbons (Fsp3) is 0.880. The summed E-state index contributed by atoms with van der Waals surface area (Å²) in [7, 11) is 0. The molecule has 0 bridgehead atoms. The van der Waals surface area contributed by atoms with Crippen LogP contribution >= 0.6 is 0 Å². The second-order valence-electron chi connectivity index (χ2n) is 9.35. The Balaban J connectivity index is 0.000000614. The van der Waals surface area contributed by atoms with Gasteiger partial charge in [0.15, 0.2) is 5.78 Å². The molecule has 3 saturated carbocycles. The molecule has 3 fully saturated rings. The lowest BCUT2D eigenvalue weighted by molar-refractivity contribution is -0.122. The highest BCUT2D eigenvalue weighted by molar-refractivity contribution is 5.91. The van der Waals surface area contributed by atoms with Crippen molar-refractivity contribution in [1.82, 2.24) is 0 Å². The van der Waals surface area contributed by atoms with E-state index in [0.29, 0.717) is 23.7 Å². The number of carbonyl (C=O) groups excluding carboxylic acids is 1. The van der Waals surface area contributed by atoms with Gasteiger partial charge in [0, 0.05) is 13.0 Å². The van der Waals surface area contributed by atoms with Crippen LogP contribution in [0.4, 0.5) is 0 Å². The fourth-order valence-electron chi connectivity index (χ4n) is 7.37. The molecule has 4 unspecified atom stereocenters. The number of hydrogen-bond acceptors (Lipinski definition) is 2. The van der Waals surface area contributed by atoms with Gasteiger partial charge in [-0.3, -0.25) is 4.79 Å². The van der Waals surface area contributed by atoms with Crippen molar-refractivity contribution in [3.8, 4) is 0 Å². The first kappa shape index (κ1) is 22.7. The number of aliphatic hydroxyl groups is 1. The molecule has 0 heterocycles. The molecular weight excluding hydrogens is 332 g/mol. The van der Waals surface area contributed by atoms with Gasteiger partial charge in [0.05, 0.1) is 0 Å².